The predicted octanol–water partition coefficient (Wildman–Crippen LogP) is 2.64. The van der Waals surface area contributed by atoms with Crippen LogP contribution in [-0.4, -0.2) is 10.9 Å². The Morgan fingerprint density at radius 3 is 3.10 bits per heavy atom. The second-order valence-corrected chi connectivity index (χ2v) is 3.88. The minimum Gasteiger partial charge on any atom is -0.281 e. The van der Waals surface area contributed by atoms with Crippen LogP contribution in [0.4, 0.5) is 0 Å². The topological polar surface area (TPSA) is 17.1 Å². The normalized spacial score (nSPS) is 9.70. The lowest BCUT2D eigenvalue weighted by Gasteiger charge is -1.90. The van der Waals surface area contributed by atoms with E-state index in [-0.39, 0.29) is 5.12 Å². The van der Waals surface area contributed by atoms with Crippen LogP contribution < -0.4 is 0 Å². The first kappa shape index (κ1) is 7.82. The van der Waals surface area contributed by atoms with Crippen LogP contribution in [0.2, 0.25) is 0 Å². The third-order valence-corrected chi connectivity index (χ3v) is 2.77. The molecule has 0 spiro atoms. The molecule has 0 bridgehead atoms. The average molecular weight is 172 g/mol. The molecule has 1 aromatic rings. The molecular formula is C7H8OS2. The zero-order chi connectivity index (χ0) is 7.40. The van der Waals surface area contributed by atoms with Gasteiger partial charge >= 0.3 is 0 Å². The molecule has 0 saturated heterocycles. The van der Waals surface area contributed by atoms with Crippen molar-refractivity contribution in [2.75, 3.05) is 5.75 Å². The highest BCUT2D eigenvalue weighted by Crippen LogP contribution is 2.16. The van der Waals surface area contributed by atoms with Crippen molar-refractivity contribution in [2.45, 2.75) is 6.92 Å². The molecule has 1 aromatic heterocycles. The fourth-order valence-electron chi connectivity index (χ4n) is 0.597. The van der Waals surface area contributed by atoms with Crippen molar-refractivity contribution < 1.29 is 4.79 Å². The minimum absolute atomic E-state index is 0.192. The van der Waals surface area contributed by atoms with Crippen molar-refractivity contribution in [3.63, 3.8) is 0 Å². The number of carbonyl (C=O) groups excluding carboxylic acids is 1. The molecular weight excluding hydrogens is 164 g/mol. The molecule has 1 nitrogen and oxygen atoms in total. The Bertz CT molecular complexity index is 203. The second-order valence-electron chi connectivity index (χ2n) is 1.70. The van der Waals surface area contributed by atoms with Gasteiger partial charge in [-0.05, 0) is 17.2 Å². The Morgan fingerprint density at radius 2 is 2.60 bits per heavy atom. The number of hydrogen-bond donors (Lipinski definition) is 0. The SMILES string of the molecule is CCSC(=O)c1cccs1. The predicted molar refractivity (Wildman–Crippen MR) is 46.8 cm³/mol. The molecule has 0 radical (unpaired) electrons. The minimum atomic E-state index is 0.192. The van der Waals surface area contributed by atoms with Gasteiger partial charge in [-0.15, -0.1) is 11.3 Å². The molecule has 3 heteroatoms. The molecule has 0 fully saturated rings. The summed E-state index contributed by atoms with van der Waals surface area (Å²) in [5.74, 6) is 0.858. The zero-order valence-corrected chi connectivity index (χ0v) is 7.30. The van der Waals surface area contributed by atoms with Crippen LogP contribution in [0.5, 0.6) is 0 Å². The Hall–Kier alpha value is -0.280. The fourth-order valence-corrected chi connectivity index (χ4v) is 1.95. The van der Waals surface area contributed by atoms with E-state index in [2.05, 4.69) is 0 Å². The summed E-state index contributed by atoms with van der Waals surface area (Å²) >= 11 is 2.86. The standard InChI is InChI=1S/C7H8OS2/c1-2-9-7(8)6-4-3-5-10-6/h3-5H,2H2,1H3. The van der Waals surface area contributed by atoms with Gasteiger partial charge in [-0.2, -0.15) is 0 Å². The largest absolute Gasteiger partial charge is 0.281 e. The van der Waals surface area contributed by atoms with Crippen LogP contribution >= 0.6 is 23.1 Å². The molecule has 0 atom stereocenters. The number of rotatable bonds is 2. The van der Waals surface area contributed by atoms with Crippen molar-refractivity contribution in [3.05, 3.63) is 22.4 Å². The van der Waals surface area contributed by atoms with E-state index in [1.807, 2.05) is 24.4 Å². The number of thiophene rings is 1. The third kappa shape index (κ3) is 1.85. The maximum absolute atomic E-state index is 11.1. The van der Waals surface area contributed by atoms with Gasteiger partial charge in [0.05, 0.1) is 4.88 Å². The van der Waals surface area contributed by atoms with Crippen LogP contribution in [0.15, 0.2) is 17.5 Å². The molecule has 0 unspecified atom stereocenters. The summed E-state index contributed by atoms with van der Waals surface area (Å²) in [5, 5.41) is 2.11. The molecule has 0 aliphatic rings. The van der Waals surface area contributed by atoms with Crippen molar-refractivity contribution in [1.82, 2.24) is 0 Å². The Balaban J connectivity index is 2.59. The quantitative estimate of drug-likeness (QED) is 0.682. The molecule has 0 aromatic carbocycles. The van der Waals surface area contributed by atoms with Crippen molar-refractivity contribution >= 4 is 28.2 Å². The van der Waals surface area contributed by atoms with E-state index in [1.165, 1.54) is 23.1 Å². The summed E-state index contributed by atoms with van der Waals surface area (Å²) in [5.41, 5.74) is 0. The molecule has 54 valence electrons. The monoisotopic (exact) mass is 172 g/mol. The van der Waals surface area contributed by atoms with E-state index in [9.17, 15) is 4.79 Å². The van der Waals surface area contributed by atoms with Crippen LogP contribution in [0, 0.1) is 0 Å². The van der Waals surface area contributed by atoms with Gasteiger partial charge < -0.3 is 0 Å². The van der Waals surface area contributed by atoms with E-state index in [4.69, 9.17) is 0 Å². The van der Waals surface area contributed by atoms with E-state index < -0.39 is 0 Å². The maximum atomic E-state index is 11.1. The summed E-state index contributed by atoms with van der Waals surface area (Å²) in [7, 11) is 0. The maximum Gasteiger partial charge on any atom is 0.229 e. The van der Waals surface area contributed by atoms with Crippen molar-refractivity contribution in [1.29, 1.82) is 0 Å². The third-order valence-electron chi connectivity index (χ3n) is 0.998. The Kier molecular flexibility index (Phi) is 2.96. The Morgan fingerprint density at radius 1 is 1.80 bits per heavy atom. The lowest BCUT2D eigenvalue weighted by molar-refractivity contribution is 0.109. The zero-order valence-electron chi connectivity index (χ0n) is 5.66. The summed E-state index contributed by atoms with van der Waals surface area (Å²) in [6.07, 6.45) is 0. The van der Waals surface area contributed by atoms with Gasteiger partial charge in [0.25, 0.3) is 0 Å². The van der Waals surface area contributed by atoms with Gasteiger partial charge in [-0.3, -0.25) is 4.79 Å². The van der Waals surface area contributed by atoms with Crippen LogP contribution in [0.25, 0.3) is 0 Å². The molecule has 10 heavy (non-hydrogen) atoms. The highest BCUT2D eigenvalue weighted by atomic mass is 32.2. The lowest BCUT2D eigenvalue weighted by atomic mass is 10.5. The first-order valence-corrected chi connectivity index (χ1v) is 4.91. The summed E-state index contributed by atoms with van der Waals surface area (Å²) in [6, 6.07) is 3.75. The van der Waals surface area contributed by atoms with E-state index in [1.54, 1.807) is 0 Å². The van der Waals surface area contributed by atoms with Crippen molar-refractivity contribution in [2.24, 2.45) is 0 Å². The van der Waals surface area contributed by atoms with Gasteiger partial charge in [-0.1, -0.05) is 24.8 Å². The van der Waals surface area contributed by atoms with E-state index in [0.29, 0.717) is 0 Å². The molecule has 0 amide bonds. The van der Waals surface area contributed by atoms with Crippen molar-refractivity contribution in [3.8, 4) is 0 Å². The molecule has 0 saturated carbocycles. The average Bonchev–Trinajstić information content (AvgIpc) is 2.38. The van der Waals surface area contributed by atoms with E-state index >= 15 is 0 Å². The number of carbonyl (C=O) groups is 1. The highest BCUT2D eigenvalue weighted by Gasteiger charge is 2.03. The lowest BCUT2D eigenvalue weighted by Crippen LogP contribution is -1.87. The first-order chi connectivity index (χ1) is 4.84. The van der Waals surface area contributed by atoms with Crippen LogP contribution in [0.1, 0.15) is 16.6 Å². The van der Waals surface area contributed by atoms with Gasteiger partial charge in [0.15, 0.2) is 0 Å². The number of thioether (sulfide) groups is 1. The second kappa shape index (κ2) is 3.78. The molecule has 0 N–H and O–H groups in total. The Labute approximate surface area is 68.5 Å². The summed E-state index contributed by atoms with van der Waals surface area (Å²) in [4.78, 5) is 11.9. The molecule has 0 aliphatic heterocycles. The van der Waals surface area contributed by atoms with Gasteiger partial charge in [0.1, 0.15) is 0 Å². The van der Waals surface area contributed by atoms with Gasteiger partial charge in [0.2, 0.25) is 5.12 Å². The van der Waals surface area contributed by atoms with Gasteiger partial charge in [-0.25, -0.2) is 0 Å². The molecule has 1 rings (SSSR count). The van der Waals surface area contributed by atoms with Gasteiger partial charge in [0, 0.05) is 0 Å². The van der Waals surface area contributed by atoms with Crippen LogP contribution in [-0.2, 0) is 0 Å². The first-order valence-electron chi connectivity index (χ1n) is 3.05. The highest BCUT2D eigenvalue weighted by molar-refractivity contribution is 8.14. The fraction of sp³-hybridized carbons (Fsp3) is 0.286. The summed E-state index contributed by atoms with van der Waals surface area (Å²) in [6.45, 7) is 1.98. The molecule has 1 heterocycles. The van der Waals surface area contributed by atoms with E-state index in [0.717, 1.165) is 10.6 Å². The van der Waals surface area contributed by atoms with Crippen LogP contribution in [0.3, 0.4) is 0 Å². The summed E-state index contributed by atoms with van der Waals surface area (Å²) < 4.78 is 0. The number of hydrogen-bond acceptors (Lipinski definition) is 3. The molecule has 0 aliphatic carbocycles. The smallest absolute Gasteiger partial charge is 0.229 e.